The van der Waals surface area contributed by atoms with Gasteiger partial charge in [0.2, 0.25) is 11.7 Å². The monoisotopic (exact) mass is 535 g/mol. The molecule has 0 aliphatic rings. The molecule has 0 spiro atoms. The first-order valence-corrected chi connectivity index (χ1v) is 9.86. The Hall–Kier alpha value is -3.81. The molecule has 3 aromatic heterocycles. The van der Waals surface area contributed by atoms with Crippen LogP contribution in [0.15, 0.2) is 47.2 Å². The van der Waals surface area contributed by atoms with Crippen molar-refractivity contribution >= 4 is 29.3 Å². The number of nitrogens with two attached hydrogens (primary N) is 1. The van der Waals surface area contributed by atoms with Gasteiger partial charge in [0.05, 0.1) is 5.56 Å². The van der Waals surface area contributed by atoms with Crippen molar-refractivity contribution in [3.63, 3.8) is 0 Å². The average molecular weight is 536 g/mol. The third kappa shape index (κ3) is 5.37. The van der Waals surface area contributed by atoms with E-state index in [1.165, 1.54) is 10.8 Å². The van der Waals surface area contributed by atoms with Crippen molar-refractivity contribution in [2.24, 2.45) is 5.73 Å². The molecule has 0 fully saturated rings. The number of aromatic nitrogens is 4. The highest BCUT2D eigenvalue weighted by atomic mass is 35.5. The molecular formula is C21H16ClF6N5O3. The van der Waals surface area contributed by atoms with Gasteiger partial charge in [0.25, 0.3) is 5.89 Å². The van der Waals surface area contributed by atoms with E-state index >= 15 is 0 Å². The number of halogens is 7. The topological polar surface area (TPSA) is 109 Å². The molecule has 0 saturated carbocycles. The Balaban J connectivity index is 0.00000361. The number of alkyl halides is 6. The van der Waals surface area contributed by atoms with Crippen LogP contribution in [0.5, 0.6) is 5.75 Å². The van der Waals surface area contributed by atoms with Crippen LogP contribution < -0.4 is 10.5 Å². The van der Waals surface area contributed by atoms with Crippen molar-refractivity contribution in [1.29, 1.82) is 0 Å². The Morgan fingerprint density at radius 2 is 1.89 bits per heavy atom. The molecule has 192 valence electrons. The number of rotatable bonds is 6. The van der Waals surface area contributed by atoms with Gasteiger partial charge in [-0.05, 0) is 37.3 Å². The van der Waals surface area contributed by atoms with Gasteiger partial charge in [-0.3, -0.25) is 4.79 Å². The lowest BCUT2D eigenvalue weighted by molar-refractivity contribution is -0.191. The standard InChI is InChI=1S/C21H15F6N5O3.ClH/c1-10(20(22,23)24)34-15-3-2-11(8-14(15)21(25,26)27)19-30-17(31-35-19)12-4-6-29-18-13(12)5-7-32(18)9-16(28)33;/h2-8,10H,9H2,1H3,(H2,28,33);1H. The van der Waals surface area contributed by atoms with Gasteiger partial charge in [0.1, 0.15) is 17.9 Å². The number of carbonyl (C=O) groups excluding carboxylic acids is 1. The number of amides is 1. The number of primary amides is 1. The molecule has 4 aromatic rings. The van der Waals surface area contributed by atoms with Crippen LogP contribution in [0.25, 0.3) is 33.9 Å². The van der Waals surface area contributed by atoms with Gasteiger partial charge in [0.15, 0.2) is 6.10 Å². The summed E-state index contributed by atoms with van der Waals surface area (Å²) in [4.78, 5) is 19.6. The highest BCUT2D eigenvalue weighted by Gasteiger charge is 2.41. The van der Waals surface area contributed by atoms with Crippen LogP contribution in [0.2, 0.25) is 0 Å². The maximum Gasteiger partial charge on any atom is 0.425 e. The SMILES string of the molecule is CC(Oc1ccc(-c2nc(-c3ccnc4c3ccn4CC(N)=O)no2)cc1C(F)(F)F)C(F)(F)F.Cl. The number of pyridine rings is 1. The Labute approximate surface area is 204 Å². The van der Waals surface area contributed by atoms with Gasteiger partial charge in [-0.1, -0.05) is 5.16 Å². The first kappa shape index (κ1) is 26.8. The van der Waals surface area contributed by atoms with Gasteiger partial charge in [0, 0.05) is 28.9 Å². The molecule has 0 aliphatic carbocycles. The number of benzene rings is 1. The minimum atomic E-state index is -5.01. The first-order valence-electron chi connectivity index (χ1n) is 9.86. The predicted octanol–water partition coefficient (Wildman–Crippen LogP) is 5.01. The first-order chi connectivity index (χ1) is 16.3. The Morgan fingerprint density at radius 3 is 2.53 bits per heavy atom. The summed E-state index contributed by atoms with van der Waals surface area (Å²) in [5.74, 6) is -1.86. The lowest BCUT2D eigenvalue weighted by atomic mass is 10.1. The summed E-state index contributed by atoms with van der Waals surface area (Å²) in [6.45, 7) is 0.476. The average Bonchev–Trinajstić information content (AvgIpc) is 3.40. The Morgan fingerprint density at radius 1 is 1.17 bits per heavy atom. The van der Waals surface area contributed by atoms with Crippen LogP contribution in [-0.4, -0.2) is 37.9 Å². The van der Waals surface area contributed by atoms with Gasteiger partial charge in [-0.15, -0.1) is 12.4 Å². The largest absolute Gasteiger partial charge is 0.481 e. The van der Waals surface area contributed by atoms with E-state index in [4.69, 9.17) is 10.3 Å². The second-order valence-electron chi connectivity index (χ2n) is 7.44. The van der Waals surface area contributed by atoms with Crippen LogP contribution in [0.1, 0.15) is 12.5 Å². The maximum absolute atomic E-state index is 13.6. The summed E-state index contributed by atoms with van der Waals surface area (Å²) in [5, 5.41) is 4.33. The van der Waals surface area contributed by atoms with Gasteiger partial charge in [-0.2, -0.15) is 31.3 Å². The van der Waals surface area contributed by atoms with Crippen molar-refractivity contribution in [3.05, 3.63) is 48.3 Å². The van der Waals surface area contributed by atoms with E-state index in [1.54, 1.807) is 18.3 Å². The number of hydrogen-bond acceptors (Lipinski definition) is 6. The van der Waals surface area contributed by atoms with E-state index < -0.39 is 35.7 Å². The Kier molecular flexibility index (Phi) is 7.20. The molecule has 36 heavy (non-hydrogen) atoms. The van der Waals surface area contributed by atoms with E-state index in [2.05, 4.69) is 19.9 Å². The van der Waals surface area contributed by atoms with Crippen LogP contribution >= 0.6 is 12.4 Å². The van der Waals surface area contributed by atoms with Crippen LogP contribution in [0.4, 0.5) is 26.3 Å². The molecule has 2 N–H and O–H groups in total. The van der Waals surface area contributed by atoms with Crippen LogP contribution in [-0.2, 0) is 17.5 Å². The summed E-state index contributed by atoms with van der Waals surface area (Å²) in [7, 11) is 0. The Bertz CT molecular complexity index is 1400. The predicted molar refractivity (Wildman–Crippen MR) is 116 cm³/mol. The summed E-state index contributed by atoms with van der Waals surface area (Å²) >= 11 is 0. The van der Waals surface area contributed by atoms with Crippen LogP contribution in [0, 0.1) is 0 Å². The molecule has 8 nitrogen and oxygen atoms in total. The molecule has 0 saturated heterocycles. The molecule has 1 amide bonds. The van der Waals surface area contributed by atoms with E-state index in [9.17, 15) is 31.1 Å². The minimum absolute atomic E-state index is 0. The second kappa shape index (κ2) is 9.68. The normalized spacial score (nSPS) is 12.9. The zero-order valence-corrected chi connectivity index (χ0v) is 18.9. The number of hydrogen-bond donors (Lipinski definition) is 1. The fourth-order valence-electron chi connectivity index (χ4n) is 3.28. The maximum atomic E-state index is 13.6. The quantitative estimate of drug-likeness (QED) is 0.348. The molecule has 4 rings (SSSR count). The zero-order chi connectivity index (χ0) is 25.5. The summed E-state index contributed by atoms with van der Waals surface area (Å²) in [6, 6.07) is 5.59. The lowest BCUT2D eigenvalue weighted by Crippen LogP contribution is -2.31. The van der Waals surface area contributed by atoms with Crippen molar-refractivity contribution in [3.8, 4) is 28.6 Å². The molecule has 0 bridgehead atoms. The molecular weight excluding hydrogens is 520 g/mol. The number of nitrogens with zero attached hydrogens (tertiary/aromatic N) is 4. The highest BCUT2D eigenvalue weighted by molar-refractivity contribution is 5.92. The lowest BCUT2D eigenvalue weighted by Gasteiger charge is -2.20. The zero-order valence-electron chi connectivity index (χ0n) is 18.1. The fraction of sp³-hybridized carbons (Fsp3) is 0.238. The van der Waals surface area contributed by atoms with Crippen LogP contribution in [0.3, 0.4) is 0 Å². The third-order valence-corrected chi connectivity index (χ3v) is 4.95. The number of carbonyl (C=O) groups is 1. The fourth-order valence-corrected chi connectivity index (χ4v) is 3.28. The second-order valence-corrected chi connectivity index (χ2v) is 7.44. The minimum Gasteiger partial charge on any atom is -0.481 e. The van der Waals surface area contributed by atoms with E-state index in [-0.39, 0.29) is 36.2 Å². The molecule has 1 atom stereocenters. The number of ether oxygens (including phenoxy) is 1. The summed E-state index contributed by atoms with van der Waals surface area (Å²) in [6.07, 6.45) is -9.33. The third-order valence-electron chi connectivity index (χ3n) is 4.95. The molecule has 15 heteroatoms. The molecule has 1 unspecified atom stereocenters. The number of fused-ring (bicyclic) bond motifs is 1. The van der Waals surface area contributed by atoms with Crippen molar-refractivity contribution in [2.45, 2.75) is 31.9 Å². The van der Waals surface area contributed by atoms with Gasteiger partial charge >= 0.3 is 12.4 Å². The van der Waals surface area contributed by atoms with E-state index in [0.717, 1.165) is 12.1 Å². The van der Waals surface area contributed by atoms with Crippen molar-refractivity contribution in [1.82, 2.24) is 19.7 Å². The van der Waals surface area contributed by atoms with E-state index in [0.29, 0.717) is 29.6 Å². The molecule has 0 aliphatic heterocycles. The van der Waals surface area contributed by atoms with Gasteiger partial charge in [-0.25, -0.2) is 4.98 Å². The summed E-state index contributed by atoms with van der Waals surface area (Å²) < 4.78 is 90.2. The summed E-state index contributed by atoms with van der Waals surface area (Å²) in [5.41, 5.74) is 4.43. The van der Waals surface area contributed by atoms with E-state index in [1.807, 2.05) is 0 Å². The van der Waals surface area contributed by atoms with Crippen molar-refractivity contribution < 1.29 is 40.4 Å². The van der Waals surface area contributed by atoms with Crippen molar-refractivity contribution in [2.75, 3.05) is 0 Å². The molecule has 0 radical (unpaired) electrons. The smallest absolute Gasteiger partial charge is 0.425 e. The molecule has 1 aromatic carbocycles. The van der Waals surface area contributed by atoms with Gasteiger partial charge < -0.3 is 19.6 Å². The molecule has 3 heterocycles. The highest BCUT2D eigenvalue weighted by Crippen LogP contribution is 2.40.